The number of alkyl halides is 3. The molecular weight excluding hydrogens is 365 g/mol. The van der Waals surface area contributed by atoms with Crippen LogP contribution in [0.1, 0.15) is 22.9 Å². The molecule has 1 aliphatic heterocycles. The van der Waals surface area contributed by atoms with Crippen molar-refractivity contribution in [2.45, 2.75) is 18.6 Å². The number of aromatic nitrogens is 2. The van der Waals surface area contributed by atoms with Gasteiger partial charge in [-0.25, -0.2) is 8.78 Å². The van der Waals surface area contributed by atoms with Crippen molar-refractivity contribution in [3.8, 4) is 11.3 Å². The minimum Gasteiger partial charge on any atom is -0.377 e. The van der Waals surface area contributed by atoms with Crippen LogP contribution in [-0.2, 0) is 19.6 Å². The fourth-order valence-corrected chi connectivity index (χ4v) is 3.42. The SMILES string of the molecule is Cn1nc(C(F)(F)F)cc1-c1ccc2c(c1)CC(c1c(F)cccc1F)N2. The summed E-state index contributed by atoms with van der Waals surface area (Å²) in [5, 5.41) is 6.59. The van der Waals surface area contributed by atoms with Gasteiger partial charge in [0.05, 0.1) is 11.7 Å². The lowest BCUT2D eigenvalue weighted by Gasteiger charge is -2.13. The summed E-state index contributed by atoms with van der Waals surface area (Å²) in [6.45, 7) is 0. The first-order valence-corrected chi connectivity index (χ1v) is 8.19. The van der Waals surface area contributed by atoms with Crippen molar-refractivity contribution in [2.75, 3.05) is 5.32 Å². The molecule has 0 aliphatic carbocycles. The van der Waals surface area contributed by atoms with E-state index >= 15 is 0 Å². The molecule has 1 aromatic heterocycles. The number of hydrogen-bond acceptors (Lipinski definition) is 2. The molecule has 8 heteroatoms. The lowest BCUT2D eigenvalue weighted by Crippen LogP contribution is -2.10. The van der Waals surface area contributed by atoms with Crippen molar-refractivity contribution in [1.29, 1.82) is 0 Å². The molecule has 2 heterocycles. The van der Waals surface area contributed by atoms with Crippen molar-refractivity contribution >= 4 is 5.69 Å². The molecule has 27 heavy (non-hydrogen) atoms. The number of nitrogens with one attached hydrogen (secondary N) is 1. The lowest BCUT2D eigenvalue weighted by molar-refractivity contribution is -0.141. The summed E-state index contributed by atoms with van der Waals surface area (Å²) in [5.41, 5.74) is 1.32. The third kappa shape index (κ3) is 3.05. The summed E-state index contributed by atoms with van der Waals surface area (Å²) in [6.07, 6.45) is -4.20. The summed E-state index contributed by atoms with van der Waals surface area (Å²) in [7, 11) is 1.44. The zero-order chi connectivity index (χ0) is 19.3. The van der Waals surface area contributed by atoms with Gasteiger partial charge in [0.2, 0.25) is 0 Å². The molecular formula is C19H14F5N3. The number of anilines is 1. The van der Waals surface area contributed by atoms with Gasteiger partial charge in [-0.05, 0) is 42.3 Å². The zero-order valence-corrected chi connectivity index (χ0v) is 14.1. The van der Waals surface area contributed by atoms with Crippen LogP contribution in [0.3, 0.4) is 0 Å². The Morgan fingerprint density at radius 2 is 1.78 bits per heavy atom. The summed E-state index contributed by atoms with van der Waals surface area (Å²) in [6, 6.07) is 9.18. The number of nitrogens with zero attached hydrogens (tertiary/aromatic N) is 2. The van der Waals surface area contributed by atoms with E-state index in [2.05, 4.69) is 10.4 Å². The number of rotatable bonds is 2. The monoisotopic (exact) mass is 379 g/mol. The van der Waals surface area contributed by atoms with Crippen molar-refractivity contribution in [3.63, 3.8) is 0 Å². The second-order valence-electron chi connectivity index (χ2n) is 6.44. The average Bonchev–Trinajstić information content (AvgIpc) is 3.17. The molecule has 4 rings (SSSR count). The van der Waals surface area contributed by atoms with Crippen molar-refractivity contribution in [2.24, 2.45) is 7.05 Å². The van der Waals surface area contributed by atoms with E-state index in [0.29, 0.717) is 23.4 Å². The molecule has 0 spiro atoms. The third-order valence-corrected chi connectivity index (χ3v) is 4.67. The highest BCUT2D eigenvalue weighted by atomic mass is 19.4. The van der Waals surface area contributed by atoms with Gasteiger partial charge in [-0.3, -0.25) is 4.68 Å². The first-order valence-electron chi connectivity index (χ1n) is 8.19. The summed E-state index contributed by atoms with van der Waals surface area (Å²) >= 11 is 0. The maximum absolute atomic E-state index is 14.0. The molecule has 140 valence electrons. The normalized spacial score (nSPS) is 16.3. The highest BCUT2D eigenvalue weighted by molar-refractivity contribution is 5.69. The van der Waals surface area contributed by atoms with Crippen molar-refractivity contribution in [1.82, 2.24) is 9.78 Å². The Labute approximate surface area is 151 Å². The fourth-order valence-electron chi connectivity index (χ4n) is 3.42. The lowest BCUT2D eigenvalue weighted by atomic mass is 10.00. The maximum atomic E-state index is 14.0. The Morgan fingerprint density at radius 3 is 2.41 bits per heavy atom. The molecule has 1 N–H and O–H groups in total. The van der Waals surface area contributed by atoms with E-state index in [1.165, 1.54) is 29.9 Å². The second-order valence-corrected chi connectivity index (χ2v) is 6.44. The number of fused-ring (bicyclic) bond motifs is 1. The molecule has 0 saturated carbocycles. The number of aryl methyl sites for hydroxylation is 1. The number of hydrogen-bond donors (Lipinski definition) is 1. The third-order valence-electron chi connectivity index (χ3n) is 4.67. The molecule has 2 aromatic carbocycles. The smallest absolute Gasteiger partial charge is 0.377 e. The van der Waals surface area contributed by atoms with Crippen molar-refractivity contribution in [3.05, 3.63) is 70.9 Å². The topological polar surface area (TPSA) is 29.9 Å². The van der Waals surface area contributed by atoms with Crippen LogP contribution in [-0.4, -0.2) is 9.78 Å². The van der Waals surface area contributed by atoms with E-state index in [0.717, 1.165) is 11.6 Å². The van der Waals surface area contributed by atoms with Gasteiger partial charge in [-0.15, -0.1) is 0 Å². The Balaban J connectivity index is 1.67. The highest BCUT2D eigenvalue weighted by Crippen LogP contribution is 2.39. The molecule has 0 amide bonds. The molecule has 0 radical (unpaired) electrons. The zero-order valence-electron chi connectivity index (χ0n) is 14.1. The van der Waals surface area contributed by atoms with Crippen LogP contribution in [0.5, 0.6) is 0 Å². The van der Waals surface area contributed by atoms with E-state index in [1.807, 2.05) is 0 Å². The van der Waals surface area contributed by atoms with Crippen LogP contribution in [0.4, 0.5) is 27.6 Å². The van der Waals surface area contributed by atoms with Gasteiger partial charge < -0.3 is 5.32 Å². The number of benzene rings is 2. The van der Waals surface area contributed by atoms with Gasteiger partial charge in [0, 0.05) is 23.9 Å². The Morgan fingerprint density at radius 1 is 1.07 bits per heavy atom. The van der Waals surface area contributed by atoms with E-state index in [1.54, 1.807) is 18.2 Å². The fraction of sp³-hybridized carbons (Fsp3) is 0.211. The van der Waals surface area contributed by atoms with Crippen LogP contribution in [0.15, 0.2) is 42.5 Å². The van der Waals surface area contributed by atoms with Crippen LogP contribution in [0.2, 0.25) is 0 Å². The average molecular weight is 379 g/mol. The minimum absolute atomic E-state index is 0.0462. The molecule has 1 aliphatic rings. The van der Waals surface area contributed by atoms with Gasteiger partial charge in [0.1, 0.15) is 11.6 Å². The standard InChI is InChI=1S/C19H14F5N3/c1-27-16(9-17(26-27)19(22,23)24)10-5-6-14-11(7-10)8-15(25-14)18-12(20)3-2-4-13(18)21/h2-7,9,15,25H,8H2,1H3. The minimum atomic E-state index is -4.53. The maximum Gasteiger partial charge on any atom is 0.435 e. The Kier molecular flexibility index (Phi) is 3.94. The molecule has 0 saturated heterocycles. The summed E-state index contributed by atoms with van der Waals surface area (Å²) < 4.78 is 67.9. The molecule has 1 atom stereocenters. The van der Waals surface area contributed by atoms with Gasteiger partial charge in [-0.1, -0.05) is 12.1 Å². The quantitative estimate of drug-likeness (QED) is 0.629. The van der Waals surface area contributed by atoms with E-state index in [9.17, 15) is 22.0 Å². The highest BCUT2D eigenvalue weighted by Gasteiger charge is 2.35. The summed E-state index contributed by atoms with van der Waals surface area (Å²) in [5.74, 6) is -1.27. The van der Waals surface area contributed by atoms with E-state index < -0.39 is 29.5 Å². The van der Waals surface area contributed by atoms with Gasteiger partial charge in [0.15, 0.2) is 5.69 Å². The van der Waals surface area contributed by atoms with Crippen LogP contribution in [0.25, 0.3) is 11.3 Å². The van der Waals surface area contributed by atoms with Crippen LogP contribution < -0.4 is 5.32 Å². The molecule has 0 bridgehead atoms. The van der Waals surface area contributed by atoms with Gasteiger partial charge in [0.25, 0.3) is 0 Å². The van der Waals surface area contributed by atoms with Gasteiger partial charge >= 0.3 is 6.18 Å². The second kappa shape index (κ2) is 6.07. The molecule has 0 fully saturated rings. The van der Waals surface area contributed by atoms with E-state index in [4.69, 9.17) is 0 Å². The first-order chi connectivity index (χ1) is 12.7. The molecule has 1 unspecified atom stereocenters. The van der Waals surface area contributed by atoms with E-state index in [-0.39, 0.29) is 5.56 Å². The Bertz CT molecular complexity index is 1000. The largest absolute Gasteiger partial charge is 0.435 e. The molecule has 3 aromatic rings. The summed E-state index contributed by atoms with van der Waals surface area (Å²) in [4.78, 5) is 0. The predicted octanol–water partition coefficient (Wildman–Crippen LogP) is 5.09. The first kappa shape index (κ1) is 17.5. The molecule has 3 nitrogen and oxygen atoms in total. The van der Waals surface area contributed by atoms with Crippen molar-refractivity contribution < 1.29 is 22.0 Å². The van der Waals surface area contributed by atoms with Crippen LogP contribution in [0, 0.1) is 11.6 Å². The predicted molar refractivity (Wildman–Crippen MR) is 90.1 cm³/mol. The Hall–Kier alpha value is -2.90. The number of halogens is 5. The van der Waals surface area contributed by atoms with Gasteiger partial charge in [-0.2, -0.15) is 18.3 Å². The van der Waals surface area contributed by atoms with Crippen LogP contribution >= 0.6 is 0 Å².